The van der Waals surface area contributed by atoms with Gasteiger partial charge >= 0.3 is 0 Å². The van der Waals surface area contributed by atoms with E-state index in [2.05, 4.69) is 10.0 Å². The van der Waals surface area contributed by atoms with Crippen molar-refractivity contribution in [3.63, 3.8) is 0 Å². The second-order valence-electron chi connectivity index (χ2n) is 8.14. The third kappa shape index (κ3) is 5.20. The lowest BCUT2D eigenvalue weighted by atomic mass is 9.84. The smallest absolute Gasteiger partial charge is 0.229 e. The zero-order valence-electron chi connectivity index (χ0n) is 17.5. The lowest BCUT2D eigenvalue weighted by Gasteiger charge is -2.37. The third-order valence-electron chi connectivity index (χ3n) is 5.59. The largest absolute Gasteiger partial charge is 0.487 e. The van der Waals surface area contributed by atoms with Gasteiger partial charge in [0.2, 0.25) is 15.9 Å². The highest BCUT2D eigenvalue weighted by Gasteiger charge is 2.46. The highest BCUT2D eigenvalue weighted by Crippen LogP contribution is 2.47. The van der Waals surface area contributed by atoms with Crippen LogP contribution in [0.4, 0.5) is 10.1 Å². The summed E-state index contributed by atoms with van der Waals surface area (Å²) in [6, 6.07) is 11.0. The van der Waals surface area contributed by atoms with Crippen molar-refractivity contribution in [2.45, 2.75) is 43.6 Å². The van der Waals surface area contributed by atoms with Crippen LogP contribution in [0.5, 0.6) is 5.75 Å². The Morgan fingerprint density at radius 2 is 2.06 bits per heavy atom. The highest BCUT2D eigenvalue weighted by molar-refractivity contribution is 7.92. The van der Waals surface area contributed by atoms with E-state index >= 15 is 0 Å². The summed E-state index contributed by atoms with van der Waals surface area (Å²) >= 11 is 0. The molecule has 32 heavy (non-hydrogen) atoms. The van der Waals surface area contributed by atoms with Crippen LogP contribution in [0.3, 0.4) is 0 Å². The molecule has 2 heterocycles. The Balaban J connectivity index is 1.44. The van der Waals surface area contributed by atoms with Crippen LogP contribution in [0.15, 0.2) is 42.5 Å². The molecule has 0 aliphatic carbocycles. The van der Waals surface area contributed by atoms with Crippen molar-refractivity contribution in [3.8, 4) is 5.75 Å². The number of sulfonamides is 1. The van der Waals surface area contributed by atoms with E-state index in [1.54, 1.807) is 30.3 Å². The van der Waals surface area contributed by atoms with Gasteiger partial charge in [0, 0.05) is 23.7 Å². The topological polar surface area (TPSA) is 114 Å². The fraction of sp³-hybridized carbons (Fsp3) is 0.409. The van der Waals surface area contributed by atoms with Gasteiger partial charge in [-0.3, -0.25) is 9.52 Å². The van der Waals surface area contributed by atoms with Crippen LogP contribution in [0.1, 0.15) is 29.9 Å². The number of aliphatic hydroxyl groups is 1. The summed E-state index contributed by atoms with van der Waals surface area (Å²) in [6.45, 7) is -0.0731. The molecule has 1 fully saturated rings. The van der Waals surface area contributed by atoms with Gasteiger partial charge in [0.05, 0.1) is 25.4 Å². The van der Waals surface area contributed by atoms with Gasteiger partial charge in [-0.15, -0.1) is 0 Å². The maximum atomic E-state index is 13.3. The number of nitrogens with one attached hydrogen (secondary N) is 2. The number of amides is 1. The van der Waals surface area contributed by atoms with Gasteiger partial charge < -0.3 is 19.9 Å². The average molecular weight is 465 g/mol. The van der Waals surface area contributed by atoms with Gasteiger partial charge in [-0.2, -0.15) is 0 Å². The summed E-state index contributed by atoms with van der Waals surface area (Å²) in [7, 11) is -3.43. The molecule has 0 aromatic heterocycles. The molecule has 2 aromatic rings. The molecular weight excluding hydrogens is 439 g/mol. The molecule has 2 aliphatic rings. The zero-order chi connectivity index (χ0) is 22.9. The molecule has 4 rings (SSSR count). The van der Waals surface area contributed by atoms with Gasteiger partial charge in [-0.05, 0) is 42.3 Å². The number of ether oxygens (including phenoxy) is 2. The lowest BCUT2D eigenvalue weighted by molar-refractivity contribution is -0.142. The Morgan fingerprint density at radius 3 is 2.78 bits per heavy atom. The number of benzene rings is 2. The zero-order valence-corrected chi connectivity index (χ0v) is 18.3. The van der Waals surface area contributed by atoms with Crippen LogP contribution in [0.2, 0.25) is 0 Å². The first kappa shape index (κ1) is 22.5. The molecule has 4 atom stereocenters. The van der Waals surface area contributed by atoms with E-state index < -0.39 is 28.3 Å². The van der Waals surface area contributed by atoms with Gasteiger partial charge in [0.25, 0.3) is 0 Å². The summed E-state index contributed by atoms with van der Waals surface area (Å²) in [4.78, 5) is 12.5. The Labute approximate surface area is 185 Å². The maximum Gasteiger partial charge on any atom is 0.229 e. The fourth-order valence-electron chi connectivity index (χ4n) is 4.29. The summed E-state index contributed by atoms with van der Waals surface area (Å²) in [5, 5.41) is 12.6. The van der Waals surface area contributed by atoms with Crippen molar-refractivity contribution >= 4 is 21.6 Å². The van der Waals surface area contributed by atoms with Crippen LogP contribution in [0.25, 0.3) is 0 Å². The predicted molar refractivity (Wildman–Crippen MR) is 115 cm³/mol. The lowest BCUT2D eigenvalue weighted by Crippen LogP contribution is -2.47. The molecule has 0 spiro atoms. The van der Waals surface area contributed by atoms with Crippen molar-refractivity contribution < 1.29 is 32.2 Å². The number of hydrogen-bond acceptors (Lipinski definition) is 6. The minimum absolute atomic E-state index is 0.0750. The molecule has 2 aromatic carbocycles. The number of anilines is 1. The van der Waals surface area contributed by atoms with E-state index in [1.807, 2.05) is 0 Å². The number of carbonyl (C=O) groups excluding carboxylic acids is 1. The molecule has 1 amide bonds. The molecule has 0 saturated carbocycles. The van der Waals surface area contributed by atoms with Gasteiger partial charge in [-0.1, -0.05) is 12.1 Å². The van der Waals surface area contributed by atoms with Gasteiger partial charge in [0.15, 0.2) is 0 Å². The SMILES string of the molecule is CS(=O)(=O)Nc1ccc2c(c1)[C@@H]1C[C@H](CC(=O)NCc3cccc(F)c3)O[C@H](CO)[C@@H]1O2. The molecule has 1 saturated heterocycles. The molecule has 2 aliphatic heterocycles. The van der Waals surface area contributed by atoms with Crippen molar-refractivity contribution in [1.82, 2.24) is 5.32 Å². The minimum Gasteiger partial charge on any atom is -0.487 e. The van der Waals surface area contributed by atoms with Crippen LogP contribution >= 0.6 is 0 Å². The van der Waals surface area contributed by atoms with E-state index in [0.717, 1.165) is 11.8 Å². The first-order valence-corrected chi connectivity index (χ1v) is 12.2. The third-order valence-corrected chi connectivity index (χ3v) is 6.20. The number of rotatable bonds is 7. The summed E-state index contributed by atoms with van der Waals surface area (Å²) in [5.74, 6) is -0.162. The number of aliphatic hydroxyl groups excluding tert-OH is 1. The van der Waals surface area contributed by atoms with Crippen LogP contribution in [0, 0.1) is 5.82 Å². The first-order valence-electron chi connectivity index (χ1n) is 10.3. The molecule has 10 heteroatoms. The molecule has 3 N–H and O–H groups in total. The van der Waals surface area contributed by atoms with Crippen molar-refractivity contribution in [1.29, 1.82) is 0 Å². The fourth-order valence-corrected chi connectivity index (χ4v) is 4.85. The molecule has 0 radical (unpaired) electrons. The van der Waals surface area contributed by atoms with Crippen LogP contribution < -0.4 is 14.8 Å². The monoisotopic (exact) mass is 464 g/mol. The summed E-state index contributed by atoms with van der Waals surface area (Å²) in [6.07, 6.45) is 0.134. The number of carbonyl (C=O) groups is 1. The second-order valence-corrected chi connectivity index (χ2v) is 9.89. The van der Waals surface area contributed by atoms with Crippen molar-refractivity contribution in [3.05, 3.63) is 59.4 Å². The molecule has 172 valence electrons. The number of fused-ring (bicyclic) bond motifs is 3. The number of halogens is 1. The maximum absolute atomic E-state index is 13.3. The van der Waals surface area contributed by atoms with Gasteiger partial charge in [-0.25, -0.2) is 12.8 Å². The molecule has 0 unspecified atom stereocenters. The second kappa shape index (κ2) is 9.05. The van der Waals surface area contributed by atoms with Crippen LogP contribution in [-0.2, 0) is 26.1 Å². The highest BCUT2D eigenvalue weighted by atomic mass is 32.2. The van der Waals surface area contributed by atoms with Gasteiger partial charge in [0.1, 0.15) is 23.8 Å². The summed E-state index contributed by atoms with van der Waals surface area (Å²) in [5.41, 5.74) is 1.89. The molecule has 8 nitrogen and oxygen atoms in total. The first-order chi connectivity index (χ1) is 15.2. The van der Waals surface area contributed by atoms with E-state index in [1.165, 1.54) is 12.1 Å². The molecule has 0 bridgehead atoms. The Hall–Kier alpha value is -2.69. The van der Waals surface area contributed by atoms with E-state index in [0.29, 0.717) is 23.4 Å². The predicted octanol–water partition coefficient (Wildman–Crippen LogP) is 1.90. The molecular formula is C22H25FN2O6S. The normalized spacial score (nSPS) is 24.2. The van der Waals surface area contributed by atoms with Crippen molar-refractivity contribution in [2.75, 3.05) is 17.6 Å². The van der Waals surface area contributed by atoms with Crippen molar-refractivity contribution in [2.24, 2.45) is 0 Å². The standard InChI is InChI=1S/C22H25FN2O6S/c1-32(28,29)25-15-5-6-19-17(8-15)18-9-16(30-20(12-26)22(18)31-19)10-21(27)24-11-13-3-2-4-14(23)7-13/h2-8,16,18,20,22,25-26H,9-12H2,1H3,(H,24,27)/t16-,18+,20-,22-/m1/s1. The van der Waals surface area contributed by atoms with Crippen LogP contribution in [-0.4, -0.2) is 50.6 Å². The average Bonchev–Trinajstić information content (AvgIpc) is 3.08. The van der Waals surface area contributed by atoms with E-state index in [-0.39, 0.29) is 37.2 Å². The number of hydrogen-bond donors (Lipinski definition) is 3. The Bertz CT molecular complexity index is 1110. The quantitative estimate of drug-likeness (QED) is 0.577. The van der Waals surface area contributed by atoms with E-state index in [4.69, 9.17) is 9.47 Å². The Kier molecular flexibility index (Phi) is 6.36. The Morgan fingerprint density at radius 1 is 1.25 bits per heavy atom. The summed E-state index contributed by atoms with van der Waals surface area (Å²) < 4.78 is 50.8. The van der Waals surface area contributed by atoms with E-state index in [9.17, 15) is 22.7 Å². The minimum atomic E-state index is -3.43.